The molecule has 5 heteroatoms. The lowest BCUT2D eigenvalue weighted by Crippen LogP contribution is -2.32. The summed E-state index contributed by atoms with van der Waals surface area (Å²) in [5.41, 5.74) is 2.97. The van der Waals surface area contributed by atoms with E-state index in [9.17, 15) is 4.79 Å². The van der Waals surface area contributed by atoms with Gasteiger partial charge in [-0.2, -0.15) is 0 Å². The fourth-order valence-corrected chi connectivity index (χ4v) is 2.58. The minimum absolute atomic E-state index is 0.00436. The molecule has 4 nitrogen and oxygen atoms in total. The molecule has 2 aromatic rings. The van der Waals surface area contributed by atoms with Crippen LogP contribution in [-0.2, 0) is 4.79 Å². The van der Waals surface area contributed by atoms with Gasteiger partial charge in [-0.05, 0) is 44.9 Å². The van der Waals surface area contributed by atoms with Crippen LogP contribution in [0.25, 0.3) is 11.0 Å². The zero-order valence-corrected chi connectivity index (χ0v) is 13.7. The Hall–Kier alpha value is -1.55. The number of halogens is 1. The summed E-state index contributed by atoms with van der Waals surface area (Å²) in [4.78, 5) is 16.9. The molecular formula is C16H22ClN3O. The summed E-state index contributed by atoms with van der Waals surface area (Å²) in [5, 5.41) is 2.68. The zero-order chi connectivity index (χ0) is 15.6. The molecule has 0 saturated carbocycles. The van der Waals surface area contributed by atoms with Gasteiger partial charge in [-0.25, -0.2) is 4.98 Å². The van der Waals surface area contributed by atoms with Crippen LogP contribution in [0.4, 0.5) is 0 Å². The quantitative estimate of drug-likeness (QED) is 0.856. The van der Waals surface area contributed by atoms with Crippen LogP contribution in [0.2, 0.25) is 0 Å². The molecule has 0 saturated heterocycles. The number of benzene rings is 1. The highest BCUT2D eigenvalue weighted by molar-refractivity contribution is 6.20. The van der Waals surface area contributed by atoms with Gasteiger partial charge in [-0.15, -0.1) is 11.6 Å². The third kappa shape index (κ3) is 3.21. The van der Waals surface area contributed by atoms with E-state index < -0.39 is 0 Å². The van der Waals surface area contributed by atoms with Gasteiger partial charge in [0.05, 0.1) is 16.4 Å². The number of amides is 1. The van der Waals surface area contributed by atoms with Gasteiger partial charge in [0.1, 0.15) is 11.9 Å². The maximum absolute atomic E-state index is 12.3. The zero-order valence-electron chi connectivity index (χ0n) is 13.0. The molecule has 0 aliphatic heterocycles. The van der Waals surface area contributed by atoms with Crippen LogP contribution < -0.4 is 5.32 Å². The van der Waals surface area contributed by atoms with Gasteiger partial charge in [0, 0.05) is 6.54 Å². The average molecular weight is 308 g/mol. The number of nitrogens with one attached hydrogen (secondary N) is 1. The van der Waals surface area contributed by atoms with Gasteiger partial charge in [-0.1, -0.05) is 13.0 Å². The molecule has 1 amide bonds. The summed E-state index contributed by atoms with van der Waals surface area (Å²) in [6, 6.07) is 5.72. The van der Waals surface area contributed by atoms with E-state index >= 15 is 0 Å². The van der Waals surface area contributed by atoms with Crippen LogP contribution in [0.3, 0.4) is 0 Å². The molecule has 2 atom stereocenters. The Morgan fingerprint density at radius 3 is 2.76 bits per heavy atom. The number of imidazole rings is 1. The number of rotatable bonds is 5. The first kappa shape index (κ1) is 15.8. The van der Waals surface area contributed by atoms with Crippen molar-refractivity contribution in [1.82, 2.24) is 14.9 Å². The fraction of sp³-hybridized carbons (Fsp3) is 0.500. The summed E-state index contributed by atoms with van der Waals surface area (Å²) in [6.45, 7) is 8.50. The number of carbonyl (C=O) groups is 1. The summed E-state index contributed by atoms with van der Waals surface area (Å²) in [7, 11) is 0. The van der Waals surface area contributed by atoms with E-state index in [-0.39, 0.29) is 17.3 Å². The molecule has 0 aliphatic carbocycles. The smallest absolute Gasteiger partial charge is 0.242 e. The average Bonchev–Trinajstić information content (AvgIpc) is 2.82. The van der Waals surface area contributed by atoms with Gasteiger partial charge < -0.3 is 9.88 Å². The number of alkyl halides is 1. The fourth-order valence-electron chi connectivity index (χ4n) is 2.43. The number of carbonyl (C=O) groups excluding carboxylic acids is 1. The number of hydrogen-bond acceptors (Lipinski definition) is 2. The van der Waals surface area contributed by atoms with Crippen LogP contribution in [0.5, 0.6) is 0 Å². The Kier molecular flexibility index (Phi) is 4.88. The van der Waals surface area contributed by atoms with E-state index in [2.05, 4.69) is 10.3 Å². The first-order valence-corrected chi connectivity index (χ1v) is 7.79. The lowest BCUT2D eigenvalue weighted by atomic mass is 10.2. The first-order chi connectivity index (χ1) is 9.95. The number of fused-ring (bicyclic) bond motifs is 1. The van der Waals surface area contributed by atoms with Gasteiger partial charge in [0.2, 0.25) is 5.91 Å². The van der Waals surface area contributed by atoms with Crippen molar-refractivity contribution < 1.29 is 4.79 Å². The summed E-state index contributed by atoms with van der Waals surface area (Å²) >= 11 is 6.26. The van der Waals surface area contributed by atoms with Gasteiger partial charge in [-0.3, -0.25) is 4.79 Å². The molecule has 114 valence electrons. The molecule has 1 N–H and O–H groups in total. The topological polar surface area (TPSA) is 46.9 Å². The Morgan fingerprint density at radius 2 is 2.14 bits per heavy atom. The Morgan fingerprint density at radius 1 is 1.43 bits per heavy atom. The molecule has 0 radical (unpaired) electrons. The van der Waals surface area contributed by atoms with Gasteiger partial charge in [0.15, 0.2) is 0 Å². The van der Waals surface area contributed by atoms with Crippen molar-refractivity contribution in [2.24, 2.45) is 0 Å². The first-order valence-electron chi connectivity index (χ1n) is 7.36. The molecular weight excluding hydrogens is 286 g/mol. The normalized spacial score (nSPS) is 14.1. The van der Waals surface area contributed by atoms with Crippen LogP contribution in [0, 0.1) is 6.92 Å². The number of hydrogen-bond donors (Lipinski definition) is 1. The molecule has 2 unspecified atom stereocenters. The minimum Gasteiger partial charge on any atom is -0.354 e. The van der Waals surface area contributed by atoms with Crippen LogP contribution >= 0.6 is 11.6 Å². The van der Waals surface area contributed by atoms with Crippen molar-refractivity contribution in [3.63, 3.8) is 0 Å². The molecule has 0 spiro atoms. The second kappa shape index (κ2) is 6.48. The third-order valence-electron chi connectivity index (χ3n) is 3.54. The van der Waals surface area contributed by atoms with E-state index in [1.165, 1.54) is 0 Å². The molecule has 0 aliphatic rings. The molecule has 21 heavy (non-hydrogen) atoms. The van der Waals surface area contributed by atoms with E-state index in [1.54, 1.807) is 0 Å². The third-order valence-corrected chi connectivity index (χ3v) is 3.74. The van der Waals surface area contributed by atoms with E-state index in [1.807, 2.05) is 50.5 Å². The summed E-state index contributed by atoms with van der Waals surface area (Å²) in [6.07, 6.45) is 0.918. The highest BCUT2D eigenvalue weighted by atomic mass is 35.5. The molecule has 0 bridgehead atoms. The highest BCUT2D eigenvalue weighted by Crippen LogP contribution is 2.28. The largest absolute Gasteiger partial charge is 0.354 e. The Balaban J connectivity index is 2.49. The maximum atomic E-state index is 12.3. The lowest BCUT2D eigenvalue weighted by Gasteiger charge is -2.18. The number of aryl methyl sites for hydroxylation is 1. The van der Waals surface area contributed by atoms with Gasteiger partial charge in [0.25, 0.3) is 0 Å². The Bertz CT molecular complexity index is 648. The van der Waals surface area contributed by atoms with E-state index in [4.69, 9.17) is 11.6 Å². The molecule has 1 heterocycles. The second-order valence-corrected chi connectivity index (χ2v) is 6.07. The SMILES string of the molecule is CCCNC(=O)C(C)n1c(C(C)Cl)nc2cc(C)ccc21. The van der Waals surface area contributed by atoms with Crippen LogP contribution in [0.1, 0.15) is 50.0 Å². The number of nitrogens with zero attached hydrogens (tertiary/aromatic N) is 2. The minimum atomic E-state index is -0.333. The summed E-state index contributed by atoms with van der Waals surface area (Å²) < 4.78 is 1.94. The Labute approximate surface area is 130 Å². The molecule has 1 aromatic carbocycles. The van der Waals surface area contributed by atoms with Crippen molar-refractivity contribution in [3.05, 3.63) is 29.6 Å². The lowest BCUT2D eigenvalue weighted by molar-refractivity contribution is -0.123. The van der Waals surface area contributed by atoms with Crippen LogP contribution in [0.15, 0.2) is 18.2 Å². The van der Waals surface area contributed by atoms with Crippen molar-refractivity contribution >= 4 is 28.5 Å². The summed E-state index contributed by atoms with van der Waals surface area (Å²) in [5.74, 6) is 0.728. The van der Waals surface area contributed by atoms with Crippen LogP contribution in [-0.4, -0.2) is 22.0 Å². The van der Waals surface area contributed by atoms with E-state index in [0.29, 0.717) is 6.54 Å². The van der Waals surface area contributed by atoms with Crippen molar-refractivity contribution in [2.75, 3.05) is 6.54 Å². The monoisotopic (exact) mass is 307 g/mol. The van der Waals surface area contributed by atoms with Crippen molar-refractivity contribution in [3.8, 4) is 0 Å². The van der Waals surface area contributed by atoms with E-state index in [0.717, 1.165) is 28.8 Å². The van der Waals surface area contributed by atoms with Crippen molar-refractivity contribution in [2.45, 2.75) is 45.5 Å². The second-order valence-electron chi connectivity index (χ2n) is 5.42. The molecule has 1 aromatic heterocycles. The number of aromatic nitrogens is 2. The predicted molar refractivity (Wildman–Crippen MR) is 86.7 cm³/mol. The molecule has 0 fully saturated rings. The standard InChI is InChI=1S/C16H22ClN3O/c1-5-8-18-16(21)12(4)20-14-7-6-10(2)9-13(14)19-15(20)11(3)17/h6-7,9,11-12H,5,8H2,1-4H3,(H,18,21). The molecule has 2 rings (SSSR count). The predicted octanol–water partition coefficient (Wildman–Crippen LogP) is 3.73. The van der Waals surface area contributed by atoms with Crippen molar-refractivity contribution in [1.29, 1.82) is 0 Å². The highest BCUT2D eigenvalue weighted by Gasteiger charge is 2.23. The maximum Gasteiger partial charge on any atom is 0.242 e. The van der Waals surface area contributed by atoms with Gasteiger partial charge >= 0.3 is 0 Å².